The van der Waals surface area contributed by atoms with Gasteiger partial charge in [-0.1, -0.05) is 6.07 Å². The zero-order chi connectivity index (χ0) is 15.4. The molecule has 0 radical (unpaired) electrons. The minimum atomic E-state index is 0.230. The molecule has 0 atom stereocenters. The summed E-state index contributed by atoms with van der Waals surface area (Å²) in [6.07, 6.45) is 4.34. The van der Waals surface area contributed by atoms with Gasteiger partial charge in [0, 0.05) is 31.8 Å². The maximum absolute atomic E-state index is 5.94. The van der Waals surface area contributed by atoms with E-state index < -0.39 is 0 Å². The molecule has 0 saturated carbocycles. The normalized spacial score (nSPS) is 11.0. The smallest absolute Gasteiger partial charge is 0.224 e. The number of methoxy groups -OCH3 is 1. The number of nitrogens with zero attached hydrogens (tertiary/aromatic N) is 4. The summed E-state index contributed by atoms with van der Waals surface area (Å²) in [4.78, 5) is 10.4. The van der Waals surface area contributed by atoms with Gasteiger partial charge in [-0.15, -0.1) is 0 Å². The molecule has 0 aliphatic carbocycles. The van der Waals surface area contributed by atoms with Crippen molar-refractivity contribution < 1.29 is 4.74 Å². The van der Waals surface area contributed by atoms with E-state index in [2.05, 4.69) is 25.1 Å². The second-order valence-electron chi connectivity index (χ2n) is 4.79. The van der Waals surface area contributed by atoms with Gasteiger partial charge < -0.3 is 9.64 Å². The number of nitrogens with one attached hydrogen (secondary N) is 1. The molecule has 0 saturated heterocycles. The van der Waals surface area contributed by atoms with E-state index in [4.69, 9.17) is 16.3 Å². The van der Waals surface area contributed by atoms with Gasteiger partial charge in [-0.2, -0.15) is 5.10 Å². The third kappa shape index (κ3) is 3.03. The van der Waals surface area contributed by atoms with Crippen molar-refractivity contribution in [3.8, 4) is 0 Å². The van der Waals surface area contributed by atoms with E-state index in [1.165, 1.54) is 0 Å². The lowest BCUT2D eigenvalue weighted by molar-refractivity contribution is 0.196. The lowest BCUT2D eigenvalue weighted by atomic mass is 10.2. The minimum Gasteiger partial charge on any atom is -0.385 e. The second kappa shape index (κ2) is 6.72. The van der Waals surface area contributed by atoms with Gasteiger partial charge in [-0.05, 0) is 36.2 Å². The summed E-state index contributed by atoms with van der Waals surface area (Å²) in [6.45, 7) is 1.43. The van der Waals surface area contributed by atoms with Gasteiger partial charge in [0.05, 0.1) is 17.4 Å². The Morgan fingerprint density at radius 1 is 1.32 bits per heavy atom. The number of ether oxygens (including phenoxy) is 1. The predicted octanol–water partition coefficient (Wildman–Crippen LogP) is 3.18. The molecule has 3 aromatic rings. The molecule has 0 spiro atoms. The average molecular weight is 318 g/mol. The first-order valence-electron chi connectivity index (χ1n) is 6.96. The van der Waals surface area contributed by atoms with Crippen LogP contribution < -0.4 is 4.90 Å². The number of halogens is 1. The van der Waals surface area contributed by atoms with Gasteiger partial charge in [-0.3, -0.25) is 5.10 Å². The summed E-state index contributed by atoms with van der Waals surface area (Å²) in [6, 6.07) is 7.87. The van der Waals surface area contributed by atoms with Crippen LogP contribution in [0.1, 0.15) is 6.42 Å². The molecule has 0 amide bonds. The fraction of sp³-hybridized carbons (Fsp3) is 0.267. The fourth-order valence-corrected chi connectivity index (χ4v) is 2.53. The van der Waals surface area contributed by atoms with Crippen LogP contribution in [0, 0.1) is 0 Å². The van der Waals surface area contributed by atoms with Gasteiger partial charge in [0.25, 0.3) is 0 Å². The molecule has 22 heavy (non-hydrogen) atoms. The first-order chi connectivity index (χ1) is 10.8. The van der Waals surface area contributed by atoms with E-state index in [0.717, 1.165) is 35.4 Å². The van der Waals surface area contributed by atoms with Crippen LogP contribution in [0.25, 0.3) is 10.9 Å². The molecule has 0 aliphatic rings. The van der Waals surface area contributed by atoms with Crippen LogP contribution in [-0.4, -0.2) is 40.4 Å². The van der Waals surface area contributed by atoms with Crippen LogP contribution in [-0.2, 0) is 4.74 Å². The molecule has 1 aromatic carbocycles. The standard InChI is InChI=1S/C15H16ClN5O/c1-22-9-3-8-21(14-6-7-17-15(16)19-14)13-5-2-4-12-11(13)10-18-20-12/h2,4-7,10H,3,8-9H2,1H3,(H,18,20). The lowest BCUT2D eigenvalue weighted by Gasteiger charge is -2.24. The molecular weight excluding hydrogens is 302 g/mol. The van der Waals surface area contributed by atoms with Crippen molar-refractivity contribution in [2.45, 2.75) is 6.42 Å². The Hall–Kier alpha value is -2.18. The monoisotopic (exact) mass is 317 g/mol. The molecule has 0 unspecified atom stereocenters. The Morgan fingerprint density at radius 2 is 2.23 bits per heavy atom. The van der Waals surface area contributed by atoms with E-state index in [-0.39, 0.29) is 5.28 Å². The van der Waals surface area contributed by atoms with Crippen molar-refractivity contribution in [1.29, 1.82) is 0 Å². The Balaban J connectivity index is 2.02. The molecular formula is C15H16ClN5O. The molecule has 2 aromatic heterocycles. The second-order valence-corrected chi connectivity index (χ2v) is 5.13. The van der Waals surface area contributed by atoms with Crippen LogP contribution in [0.2, 0.25) is 5.28 Å². The molecule has 0 fully saturated rings. The topological polar surface area (TPSA) is 66.9 Å². The fourth-order valence-electron chi connectivity index (χ4n) is 2.39. The molecule has 0 bridgehead atoms. The van der Waals surface area contributed by atoms with Crippen LogP contribution in [0.15, 0.2) is 36.7 Å². The van der Waals surface area contributed by atoms with E-state index in [9.17, 15) is 0 Å². The quantitative estimate of drug-likeness (QED) is 0.558. The largest absolute Gasteiger partial charge is 0.385 e. The third-order valence-electron chi connectivity index (χ3n) is 3.37. The minimum absolute atomic E-state index is 0.230. The Bertz CT molecular complexity index is 760. The molecule has 114 valence electrons. The first-order valence-corrected chi connectivity index (χ1v) is 7.34. The molecule has 2 heterocycles. The van der Waals surface area contributed by atoms with Gasteiger partial charge >= 0.3 is 0 Å². The maximum Gasteiger partial charge on any atom is 0.224 e. The Morgan fingerprint density at radius 3 is 3.05 bits per heavy atom. The van der Waals surface area contributed by atoms with E-state index in [1.807, 2.05) is 30.5 Å². The van der Waals surface area contributed by atoms with Crippen molar-refractivity contribution in [2.75, 3.05) is 25.2 Å². The zero-order valence-electron chi connectivity index (χ0n) is 12.2. The summed E-state index contributed by atoms with van der Waals surface area (Å²) in [5, 5.41) is 8.37. The van der Waals surface area contributed by atoms with Crippen molar-refractivity contribution in [1.82, 2.24) is 20.2 Å². The highest BCUT2D eigenvalue weighted by Crippen LogP contribution is 2.30. The number of anilines is 2. The number of rotatable bonds is 6. The summed E-state index contributed by atoms with van der Waals surface area (Å²) in [7, 11) is 1.70. The third-order valence-corrected chi connectivity index (χ3v) is 3.55. The number of fused-ring (bicyclic) bond motifs is 1. The van der Waals surface area contributed by atoms with Gasteiger partial charge in [0.1, 0.15) is 5.82 Å². The van der Waals surface area contributed by atoms with Crippen LogP contribution in [0.5, 0.6) is 0 Å². The molecule has 6 nitrogen and oxygen atoms in total. The SMILES string of the molecule is COCCCN(c1ccnc(Cl)n1)c1cccc2[nH]ncc12. The Kier molecular flexibility index (Phi) is 4.50. The lowest BCUT2D eigenvalue weighted by Crippen LogP contribution is -2.21. The van der Waals surface area contributed by atoms with Crippen molar-refractivity contribution in [2.24, 2.45) is 0 Å². The number of aromatic nitrogens is 4. The number of hydrogen-bond acceptors (Lipinski definition) is 5. The van der Waals surface area contributed by atoms with Crippen molar-refractivity contribution >= 4 is 34.0 Å². The Labute approximate surface area is 133 Å². The van der Waals surface area contributed by atoms with E-state index in [0.29, 0.717) is 6.61 Å². The van der Waals surface area contributed by atoms with Crippen molar-refractivity contribution in [3.05, 3.63) is 41.9 Å². The summed E-state index contributed by atoms with van der Waals surface area (Å²) >= 11 is 5.94. The predicted molar refractivity (Wildman–Crippen MR) is 86.6 cm³/mol. The average Bonchev–Trinajstić information content (AvgIpc) is 3.00. The molecule has 0 aliphatic heterocycles. The highest BCUT2D eigenvalue weighted by atomic mass is 35.5. The zero-order valence-corrected chi connectivity index (χ0v) is 12.9. The number of H-pyrrole nitrogens is 1. The summed E-state index contributed by atoms with van der Waals surface area (Å²) in [5.74, 6) is 0.754. The maximum atomic E-state index is 5.94. The van der Waals surface area contributed by atoms with Crippen molar-refractivity contribution in [3.63, 3.8) is 0 Å². The van der Waals surface area contributed by atoms with E-state index in [1.54, 1.807) is 13.3 Å². The number of hydrogen-bond donors (Lipinski definition) is 1. The van der Waals surface area contributed by atoms with Crippen LogP contribution >= 0.6 is 11.6 Å². The highest BCUT2D eigenvalue weighted by molar-refractivity contribution is 6.28. The van der Waals surface area contributed by atoms with Gasteiger partial charge in [0.2, 0.25) is 5.28 Å². The van der Waals surface area contributed by atoms with Gasteiger partial charge in [-0.25, -0.2) is 9.97 Å². The molecule has 3 rings (SSSR count). The van der Waals surface area contributed by atoms with Gasteiger partial charge in [0.15, 0.2) is 0 Å². The number of aromatic amines is 1. The highest BCUT2D eigenvalue weighted by Gasteiger charge is 2.15. The van der Waals surface area contributed by atoms with E-state index >= 15 is 0 Å². The molecule has 1 N–H and O–H groups in total. The summed E-state index contributed by atoms with van der Waals surface area (Å²) in [5.41, 5.74) is 2.01. The number of benzene rings is 1. The first kappa shape index (κ1) is 14.7. The summed E-state index contributed by atoms with van der Waals surface area (Å²) < 4.78 is 5.16. The van der Waals surface area contributed by atoms with Crippen LogP contribution in [0.3, 0.4) is 0 Å². The molecule has 7 heteroatoms. The van der Waals surface area contributed by atoms with Crippen LogP contribution in [0.4, 0.5) is 11.5 Å².